The Morgan fingerprint density at radius 2 is 1.58 bits per heavy atom. The highest BCUT2D eigenvalue weighted by Crippen LogP contribution is 2.23. The molecule has 0 unspecified atom stereocenters. The molecule has 0 aliphatic rings. The standard InChI is InChI=1S/C16H9NO2/c18-16-11-6-2-4-8-13(11)19-14-9-17-12-7-3-1-5-10(12)15(14)16/h1-9H. The summed E-state index contributed by atoms with van der Waals surface area (Å²) in [5, 5.41) is 2.04. The van der Waals surface area contributed by atoms with E-state index >= 15 is 0 Å². The molecule has 0 atom stereocenters. The summed E-state index contributed by atoms with van der Waals surface area (Å²) in [5.41, 5.74) is 1.92. The molecular formula is C16H9NO2. The lowest BCUT2D eigenvalue weighted by Crippen LogP contribution is -2.03. The van der Waals surface area contributed by atoms with Crippen molar-refractivity contribution in [2.45, 2.75) is 0 Å². The summed E-state index contributed by atoms with van der Waals surface area (Å²) in [4.78, 5) is 16.9. The minimum atomic E-state index is -0.00421. The van der Waals surface area contributed by atoms with E-state index < -0.39 is 0 Å². The Kier molecular flexibility index (Phi) is 1.97. The number of hydrogen-bond acceptors (Lipinski definition) is 3. The summed E-state index contributed by atoms with van der Waals surface area (Å²) >= 11 is 0. The number of para-hydroxylation sites is 2. The third kappa shape index (κ3) is 1.38. The van der Waals surface area contributed by atoms with Gasteiger partial charge in [-0.05, 0) is 18.2 Å². The third-order valence-electron chi connectivity index (χ3n) is 3.32. The molecule has 0 spiro atoms. The maximum absolute atomic E-state index is 12.6. The van der Waals surface area contributed by atoms with Gasteiger partial charge in [0.2, 0.25) is 5.43 Å². The van der Waals surface area contributed by atoms with Crippen LogP contribution in [0.15, 0.2) is 63.9 Å². The number of benzene rings is 2. The van der Waals surface area contributed by atoms with E-state index in [1.807, 2.05) is 36.4 Å². The first-order valence-corrected chi connectivity index (χ1v) is 6.04. The third-order valence-corrected chi connectivity index (χ3v) is 3.32. The zero-order valence-corrected chi connectivity index (χ0v) is 9.96. The van der Waals surface area contributed by atoms with Crippen LogP contribution in [0.3, 0.4) is 0 Å². The van der Waals surface area contributed by atoms with Gasteiger partial charge in [-0.25, -0.2) is 0 Å². The summed E-state index contributed by atoms with van der Waals surface area (Å²) in [6.45, 7) is 0. The van der Waals surface area contributed by atoms with Crippen molar-refractivity contribution >= 4 is 32.8 Å². The molecule has 0 aliphatic heterocycles. The van der Waals surface area contributed by atoms with Gasteiger partial charge in [0, 0.05) is 5.39 Å². The average Bonchev–Trinajstić information content (AvgIpc) is 2.47. The number of hydrogen-bond donors (Lipinski definition) is 0. The normalized spacial score (nSPS) is 11.4. The molecule has 0 aliphatic carbocycles. The minimum absolute atomic E-state index is 0.00421. The average molecular weight is 247 g/mol. The van der Waals surface area contributed by atoms with E-state index in [-0.39, 0.29) is 5.43 Å². The maximum Gasteiger partial charge on any atom is 0.201 e. The van der Waals surface area contributed by atoms with Gasteiger partial charge in [0.05, 0.1) is 22.5 Å². The summed E-state index contributed by atoms with van der Waals surface area (Å²) < 4.78 is 5.77. The van der Waals surface area contributed by atoms with Crippen LogP contribution >= 0.6 is 0 Å². The Balaban J connectivity index is 2.37. The Morgan fingerprint density at radius 1 is 0.842 bits per heavy atom. The Hall–Kier alpha value is -2.68. The van der Waals surface area contributed by atoms with Crippen molar-refractivity contribution in [1.29, 1.82) is 0 Å². The van der Waals surface area contributed by atoms with E-state index in [1.165, 1.54) is 0 Å². The van der Waals surface area contributed by atoms with Crippen molar-refractivity contribution in [2.24, 2.45) is 0 Å². The van der Waals surface area contributed by atoms with E-state index in [2.05, 4.69) is 4.98 Å². The van der Waals surface area contributed by atoms with Crippen LogP contribution in [-0.2, 0) is 0 Å². The van der Waals surface area contributed by atoms with Gasteiger partial charge in [-0.3, -0.25) is 9.78 Å². The van der Waals surface area contributed by atoms with E-state index in [4.69, 9.17) is 4.42 Å². The van der Waals surface area contributed by atoms with Gasteiger partial charge in [0.1, 0.15) is 5.58 Å². The zero-order valence-electron chi connectivity index (χ0n) is 9.96. The molecule has 0 bridgehead atoms. The first-order chi connectivity index (χ1) is 9.34. The summed E-state index contributed by atoms with van der Waals surface area (Å²) in [7, 11) is 0. The molecule has 0 saturated carbocycles. The minimum Gasteiger partial charge on any atom is -0.454 e. The van der Waals surface area contributed by atoms with Crippen LogP contribution in [0, 0.1) is 0 Å². The first kappa shape index (κ1) is 10.3. The van der Waals surface area contributed by atoms with Crippen molar-refractivity contribution in [3.8, 4) is 0 Å². The molecule has 2 aromatic carbocycles. The lowest BCUT2D eigenvalue weighted by atomic mass is 10.1. The number of rotatable bonds is 0. The predicted octanol–water partition coefficient (Wildman–Crippen LogP) is 3.49. The van der Waals surface area contributed by atoms with Crippen LogP contribution < -0.4 is 5.43 Å². The predicted molar refractivity (Wildman–Crippen MR) is 75.3 cm³/mol. The maximum atomic E-state index is 12.6. The molecule has 4 rings (SSSR count). The molecule has 4 aromatic rings. The van der Waals surface area contributed by atoms with Gasteiger partial charge >= 0.3 is 0 Å². The van der Waals surface area contributed by atoms with Crippen molar-refractivity contribution < 1.29 is 4.42 Å². The molecule has 0 saturated heterocycles. The van der Waals surface area contributed by atoms with Gasteiger partial charge in [0.15, 0.2) is 5.58 Å². The second kappa shape index (κ2) is 3.65. The second-order valence-electron chi connectivity index (χ2n) is 4.44. The second-order valence-corrected chi connectivity index (χ2v) is 4.44. The first-order valence-electron chi connectivity index (χ1n) is 6.04. The molecule has 0 fully saturated rings. The zero-order chi connectivity index (χ0) is 12.8. The molecular weight excluding hydrogens is 238 g/mol. The van der Waals surface area contributed by atoms with Crippen LogP contribution in [0.25, 0.3) is 32.8 Å². The fourth-order valence-electron chi connectivity index (χ4n) is 2.43. The lowest BCUT2D eigenvalue weighted by Gasteiger charge is -2.03. The van der Waals surface area contributed by atoms with Crippen LogP contribution in [0.5, 0.6) is 0 Å². The van der Waals surface area contributed by atoms with Gasteiger partial charge < -0.3 is 4.42 Å². The molecule has 0 amide bonds. The molecule has 3 heteroatoms. The highest BCUT2D eigenvalue weighted by Gasteiger charge is 2.10. The quantitative estimate of drug-likeness (QED) is 0.353. The summed E-state index contributed by atoms with van der Waals surface area (Å²) in [5.74, 6) is 0. The van der Waals surface area contributed by atoms with E-state index in [0.717, 1.165) is 10.9 Å². The summed E-state index contributed by atoms with van der Waals surface area (Å²) in [6, 6.07) is 14.9. The smallest absolute Gasteiger partial charge is 0.201 e. The van der Waals surface area contributed by atoms with Gasteiger partial charge in [-0.2, -0.15) is 0 Å². The van der Waals surface area contributed by atoms with Crippen LogP contribution in [0.2, 0.25) is 0 Å². The number of aromatic nitrogens is 1. The highest BCUT2D eigenvalue weighted by atomic mass is 16.3. The van der Waals surface area contributed by atoms with Crippen molar-refractivity contribution in [2.75, 3.05) is 0 Å². The Bertz CT molecular complexity index is 986. The molecule has 0 radical (unpaired) electrons. The van der Waals surface area contributed by atoms with Gasteiger partial charge in [-0.15, -0.1) is 0 Å². The molecule has 3 nitrogen and oxygen atoms in total. The lowest BCUT2D eigenvalue weighted by molar-refractivity contribution is 0.658. The SMILES string of the molecule is O=c1c2ccccc2oc2cnc3ccccc3c12. The highest BCUT2D eigenvalue weighted by molar-refractivity contribution is 6.06. The molecule has 2 heterocycles. The number of nitrogens with zero attached hydrogens (tertiary/aromatic N) is 1. The number of fused-ring (bicyclic) bond motifs is 4. The fraction of sp³-hybridized carbons (Fsp3) is 0. The topological polar surface area (TPSA) is 43.1 Å². The molecule has 0 N–H and O–H groups in total. The fourth-order valence-corrected chi connectivity index (χ4v) is 2.43. The van der Waals surface area contributed by atoms with E-state index in [1.54, 1.807) is 18.3 Å². The van der Waals surface area contributed by atoms with Crippen molar-refractivity contribution in [3.05, 3.63) is 65.0 Å². The van der Waals surface area contributed by atoms with Crippen LogP contribution in [0.1, 0.15) is 0 Å². The van der Waals surface area contributed by atoms with Crippen LogP contribution in [0.4, 0.5) is 0 Å². The van der Waals surface area contributed by atoms with E-state index in [0.29, 0.717) is 21.9 Å². The molecule has 2 aromatic heterocycles. The number of pyridine rings is 1. The monoisotopic (exact) mass is 247 g/mol. The van der Waals surface area contributed by atoms with E-state index in [9.17, 15) is 4.79 Å². The van der Waals surface area contributed by atoms with Gasteiger partial charge in [-0.1, -0.05) is 30.3 Å². The Morgan fingerprint density at radius 3 is 2.47 bits per heavy atom. The van der Waals surface area contributed by atoms with Gasteiger partial charge in [0.25, 0.3) is 0 Å². The van der Waals surface area contributed by atoms with Crippen molar-refractivity contribution in [1.82, 2.24) is 4.98 Å². The molecule has 19 heavy (non-hydrogen) atoms. The van der Waals surface area contributed by atoms with Crippen LogP contribution in [-0.4, -0.2) is 4.98 Å². The largest absolute Gasteiger partial charge is 0.454 e. The molecule has 90 valence electrons. The van der Waals surface area contributed by atoms with Crippen molar-refractivity contribution in [3.63, 3.8) is 0 Å². The summed E-state index contributed by atoms with van der Waals surface area (Å²) in [6.07, 6.45) is 1.62. The Labute approximate surface area is 108 Å².